The predicted molar refractivity (Wildman–Crippen MR) is 122 cm³/mol. The van der Waals surface area contributed by atoms with E-state index < -0.39 is 5.91 Å². The maximum atomic E-state index is 12.8. The number of anilines is 1. The molecule has 2 aromatic rings. The second-order valence-corrected chi connectivity index (χ2v) is 8.06. The van der Waals surface area contributed by atoms with Crippen LogP contribution in [0.3, 0.4) is 0 Å². The van der Waals surface area contributed by atoms with E-state index in [1.54, 1.807) is 19.2 Å². The van der Waals surface area contributed by atoms with Crippen molar-refractivity contribution in [1.82, 2.24) is 14.8 Å². The summed E-state index contributed by atoms with van der Waals surface area (Å²) >= 11 is 1.06. The fourth-order valence-corrected chi connectivity index (χ4v) is 4.41. The molecule has 1 aromatic carbocycles. The number of rotatable bonds is 7. The molecule has 2 N–H and O–H groups in total. The number of morpholine rings is 1. The Kier molecular flexibility index (Phi) is 8.17. The summed E-state index contributed by atoms with van der Waals surface area (Å²) in [6, 6.07) is 11.6. The number of thiazole rings is 1. The van der Waals surface area contributed by atoms with Gasteiger partial charge in [-0.2, -0.15) is 10.5 Å². The van der Waals surface area contributed by atoms with Crippen LogP contribution in [0.5, 0.6) is 0 Å². The van der Waals surface area contributed by atoms with Crippen LogP contribution in [-0.4, -0.2) is 48.2 Å². The second-order valence-electron chi connectivity index (χ2n) is 7.03. The minimum atomic E-state index is -0.673. The third-order valence-corrected chi connectivity index (χ3v) is 6.04. The number of nitrogens with one attached hydrogen (secondary N) is 2. The Morgan fingerprint density at radius 2 is 2.09 bits per heavy atom. The normalized spacial score (nSPS) is 15.5. The van der Waals surface area contributed by atoms with E-state index in [4.69, 9.17) is 10.00 Å². The summed E-state index contributed by atoms with van der Waals surface area (Å²) < 4.78 is 7.42. The monoisotopic (exact) mass is 452 g/mol. The SMILES string of the molecule is CCn1c(=C(C#N)C(=O)NCC#N)sc(=CNc2cccc(CN3CCOCC3)c2)c1=O. The fourth-order valence-electron chi connectivity index (χ4n) is 3.32. The van der Waals surface area contributed by atoms with Gasteiger partial charge in [-0.05, 0) is 24.6 Å². The van der Waals surface area contributed by atoms with E-state index >= 15 is 0 Å². The molecule has 0 spiro atoms. The number of benzene rings is 1. The molecule has 1 amide bonds. The third kappa shape index (κ3) is 5.62. The molecule has 1 aromatic heterocycles. The third-order valence-electron chi connectivity index (χ3n) is 4.91. The quantitative estimate of drug-likeness (QED) is 0.564. The zero-order chi connectivity index (χ0) is 22.9. The molecule has 32 heavy (non-hydrogen) atoms. The van der Waals surface area contributed by atoms with Crippen molar-refractivity contribution >= 4 is 34.7 Å². The number of nitriles is 2. The number of nitrogens with zero attached hydrogens (tertiary/aromatic N) is 4. The number of carbonyl (C=O) groups excluding carboxylic acids is 1. The van der Waals surface area contributed by atoms with E-state index in [1.807, 2.05) is 24.3 Å². The Labute approximate surface area is 189 Å². The van der Waals surface area contributed by atoms with Gasteiger partial charge in [0.15, 0.2) is 5.57 Å². The van der Waals surface area contributed by atoms with E-state index in [-0.39, 0.29) is 22.3 Å². The predicted octanol–water partition coefficient (Wildman–Crippen LogP) is -0.0739. The first-order valence-electron chi connectivity index (χ1n) is 10.2. The standard InChI is InChI=1S/C22H24N6O3S/c1-2-28-21(30)19(32-22(28)18(13-24)20(29)25-7-6-23)14-26-17-5-3-4-16(12-17)15-27-8-10-31-11-9-27/h3-5,12,14,26H,2,7-11,15H2,1H3,(H,25,29). The van der Waals surface area contributed by atoms with Crippen LogP contribution >= 0.6 is 11.3 Å². The summed E-state index contributed by atoms with van der Waals surface area (Å²) in [4.78, 5) is 27.4. The highest BCUT2D eigenvalue weighted by molar-refractivity contribution is 7.07. The summed E-state index contributed by atoms with van der Waals surface area (Å²) in [6.07, 6.45) is 1.60. The maximum absolute atomic E-state index is 12.8. The molecule has 0 radical (unpaired) electrons. The van der Waals surface area contributed by atoms with Gasteiger partial charge >= 0.3 is 0 Å². The molecule has 0 atom stereocenters. The number of hydrogen-bond donors (Lipinski definition) is 2. The van der Waals surface area contributed by atoms with E-state index in [0.717, 1.165) is 55.4 Å². The van der Waals surface area contributed by atoms with Crippen LogP contribution in [0, 0.1) is 22.7 Å². The van der Waals surface area contributed by atoms with E-state index in [2.05, 4.69) is 21.6 Å². The second kappa shape index (κ2) is 11.3. The highest BCUT2D eigenvalue weighted by Gasteiger charge is 2.15. The van der Waals surface area contributed by atoms with Gasteiger partial charge in [0, 0.05) is 38.1 Å². The Balaban J connectivity index is 1.88. The van der Waals surface area contributed by atoms with Crippen LogP contribution < -0.4 is 25.4 Å². The van der Waals surface area contributed by atoms with E-state index in [1.165, 1.54) is 4.57 Å². The molecule has 166 valence electrons. The molecule has 3 rings (SSSR count). The average Bonchev–Trinajstić information content (AvgIpc) is 3.12. The molecule has 0 bridgehead atoms. The summed E-state index contributed by atoms with van der Waals surface area (Å²) in [5.41, 5.74) is 1.52. The van der Waals surface area contributed by atoms with Crippen LogP contribution in [0.2, 0.25) is 0 Å². The van der Waals surface area contributed by atoms with Crippen molar-refractivity contribution in [2.45, 2.75) is 20.0 Å². The molecule has 9 nitrogen and oxygen atoms in total. The van der Waals surface area contributed by atoms with Crippen LogP contribution in [-0.2, 0) is 22.6 Å². The van der Waals surface area contributed by atoms with E-state index in [0.29, 0.717) is 11.1 Å². The highest BCUT2D eigenvalue weighted by atomic mass is 32.1. The number of hydrogen-bond acceptors (Lipinski definition) is 8. The van der Waals surface area contributed by atoms with Crippen molar-refractivity contribution in [3.8, 4) is 12.1 Å². The highest BCUT2D eigenvalue weighted by Crippen LogP contribution is 2.13. The van der Waals surface area contributed by atoms with Crippen molar-refractivity contribution in [1.29, 1.82) is 10.5 Å². The zero-order valence-electron chi connectivity index (χ0n) is 17.8. The number of aromatic nitrogens is 1. The van der Waals surface area contributed by atoms with Gasteiger partial charge in [0.05, 0.1) is 19.3 Å². The molecule has 0 saturated carbocycles. The molecule has 0 aliphatic carbocycles. The first kappa shape index (κ1) is 23.2. The first-order chi connectivity index (χ1) is 15.6. The Morgan fingerprint density at radius 3 is 2.78 bits per heavy atom. The van der Waals surface area contributed by atoms with Gasteiger partial charge in [-0.3, -0.25) is 19.1 Å². The van der Waals surface area contributed by atoms with Crippen molar-refractivity contribution < 1.29 is 9.53 Å². The lowest BCUT2D eigenvalue weighted by Gasteiger charge is -2.26. The van der Waals surface area contributed by atoms with Crippen molar-refractivity contribution in [2.75, 3.05) is 38.2 Å². The average molecular weight is 453 g/mol. The van der Waals surface area contributed by atoms with Gasteiger partial charge in [-0.25, -0.2) is 0 Å². The molecule has 1 fully saturated rings. The molecule has 10 heteroatoms. The lowest BCUT2D eigenvalue weighted by molar-refractivity contribution is -0.115. The van der Waals surface area contributed by atoms with Gasteiger partial charge in [0.25, 0.3) is 11.5 Å². The summed E-state index contributed by atoms with van der Waals surface area (Å²) in [5.74, 6) is -0.673. The first-order valence-corrected chi connectivity index (χ1v) is 11.0. The van der Waals surface area contributed by atoms with Gasteiger partial charge < -0.3 is 15.4 Å². The minimum Gasteiger partial charge on any atom is -0.379 e. The molecule has 2 heterocycles. The van der Waals surface area contributed by atoms with Gasteiger partial charge in [0.2, 0.25) is 0 Å². The van der Waals surface area contributed by atoms with Crippen LogP contribution in [0.15, 0.2) is 29.1 Å². The smallest absolute Gasteiger partial charge is 0.270 e. The van der Waals surface area contributed by atoms with Crippen molar-refractivity contribution in [3.63, 3.8) is 0 Å². The van der Waals surface area contributed by atoms with Gasteiger partial charge in [-0.15, -0.1) is 11.3 Å². The summed E-state index contributed by atoms with van der Waals surface area (Å²) in [7, 11) is 0. The maximum Gasteiger partial charge on any atom is 0.270 e. The molecular formula is C22H24N6O3S. The molecule has 1 saturated heterocycles. The lowest BCUT2D eigenvalue weighted by atomic mass is 10.2. The summed E-state index contributed by atoms with van der Waals surface area (Å²) in [5, 5.41) is 23.6. The molecule has 1 aliphatic heterocycles. The van der Waals surface area contributed by atoms with Crippen LogP contribution in [0.1, 0.15) is 12.5 Å². The van der Waals surface area contributed by atoms with Crippen LogP contribution in [0.25, 0.3) is 11.8 Å². The largest absolute Gasteiger partial charge is 0.379 e. The molecular weight excluding hydrogens is 428 g/mol. The van der Waals surface area contributed by atoms with Gasteiger partial charge in [-0.1, -0.05) is 12.1 Å². The van der Waals surface area contributed by atoms with Crippen molar-refractivity contribution in [2.24, 2.45) is 0 Å². The molecule has 0 unspecified atom stereocenters. The topological polar surface area (TPSA) is 123 Å². The van der Waals surface area contributed by atoms with Crippen LogP contribution in [0.4, 0.5) is 5.69 Å². The minimum absolute atomic E-state index is 0.184. The molecule has 1 aliphatic rings. The van der Waals surface area contributed by atoms with Gasteiger partial charge in [0.1, 0.15) is 21.8 Å². The van der Waals surface area contributed by atoms with Crippen molar-refractivity contribution in [3.05, 3.63) is 49.4 Å². The van der Waals surface area contributed by atoms with E-state index in [9.17, 15) is 14.9 Å². The number of ether oxygens (including phenoxy) is 1. The zero-order valence-corrected chi connectivity index (χ0v) is 18.6. The number of carbonyl (C=O) groups is 1. The summed E-state index contributed by atoms with van der Waals surface area (Å²) in [6.45, 7) is 5.97. The Bertz CT molecular complexity index is 1230. The number of amides is 1. The fraction of sp³-hybridized carbons (Fsp3) is 0.364. The Hall–Kier alpha value is -3.44. The Morgan fingerprint density at radius 1 is 1.31 bits per heavy atom. The lowest BCUT2D eigenvalue weighted by Crippen LogP contribution is -2.35.